The van der Waals surface area contributed by atoms with Gasteiger partial charge in [-0.05, 0) is 18.6 Å². The maximum Gasteiger partial charge on any atom is 0.411 e. The van der Waals surface area contributed by atoms with E-state index in [4.69, 9.17) is 18.4 Å². The van der Waals surface area contributed by atoms with Crippen molar-refractivity contribution in [3.8, 4) is 17.5 Å². The van der Waals surface area contributed by atoms with Crippen LogP contribution >= 0.6 is 0 Å². The molecule has 1 aromatic heterocycles. The number of esters is 1. The molecule has 0 radical (unpaired) electrons. The van der Waals surface area contributed by atoms with E-state index in [1.54, 1.807) is 4.72 Å². The summed E-state index contributed by atoms with van der Waals surface area (Å²) in [5.74, 6) is -1.18. The van der Waals surface area contributed by atoms with Gasteiger partial charge < -0.3 is 18.4 Å². The number of carbonyl (C=O) groups excluding carboxylic acids is 2. The molecule has 30 heavy (non-hydrogen) atoms. The molecule has 12 nitrogen and oxygen atoms in total. The van der Waals surface area contributed by atoms with Crippen LogP contribution in [0.2, 0.25) is 0 Å². The Morgan fingerprint density at radius 2 is 1.70 bits per heavy atom. The maximum atomic E-state index is 12.2. The van der Waals surface area contributed by atoms with Gasteiger partial charge in [-0.3, -0.25) is 5.32 Å². The molecule has 2 N–H and O–H groups in total. The number of ether oxygens (including phenoxy) is 3. The molecular weight excluding hydrogens is 420 g/mol. The Morgan fingerprint density at radius 3 is 2.30 bits per heavy atom. The Balaban J connectivity index is 2.11. The van der Waals surface area contributed by atoms with Gasteiger partial charge in [0.2, 0.25) is 17.7 Å². The van der Waals surface area contributed by atoms with Crippen LogP contribution in [0.4, 0.5) is 10.7 Å². The van der Waals surface area contributed by atoms with Gasteiger partial charge in [-0.25, -0.2) is 14.3 Å². The zero-order valence-electron chi connectivity index (χ0n) is 16.4. The zero-order chi connectivity index (χ0) is 22.1. The first kappa shape index (κ1) is 22.7. The minimum absolute atomic E-state index is 0.0794. The van der Waals surface area contributed by atoms with Gasteiger partial charge in [-0.15, -0.1) is 0 Å². The van der Waals surface area contributed by atoms with Crippen LogP contribution in [0.25, 0.3) is 0 Å². The lowest BCUT2D eigenvalue weighted by molar-refractivity contribution is 0.0503. The van der Waals surface area contributed by atoms with Crippen molar-refractivity contribution in [1.29, 1.82) is 0 Å². The van der Waals surface area contributed by atoms with Gasteiger partial charge in [-0.1, -0.05) is 19.1 Å². The largest absolute Gasteiger partial charge is 0.481 e. The Labute approximate surface area is 172 Å². The SMILES string of the molecule is CCCOC(=O)c1ccccc1OS(=O)(=O)NC(=O)Nc1nc(OC)cc(OC)n1. The van der Waals surface area contributed by atoms with Gasteiger partial charge in [-0.2, -0.15) is 18.4 Å². The summed E-state index contributed by atoms with van der Waals surface area (Å²) in [6, 6.07) is 5.69. The van der Waals surface area contributed by atoms with Crippen molar-refractivity contribution < 1.29 is 36.4 Å². The molecule has 162 valence electrons. The second-order valence-electron chi connectivity index (χ2n) is 5.50. The van der Waals surface area contributed by atoms with Crippen molar-refractivity contribution in [2.75, 3.05) is 26.1 Å². The molecule has 0 spiro atoms. The summed E-state index contributed by atoms with van der Waals surface area (Å²) < 4.78 is 45.7. The van der Waals surface area contributed by atoms with Crippen LogP contribution in [0.1, 0.15) is 23.7 Å². The summed E-state index contributed by atoms with van der Waals surface area (Å²) in [6.45, 7) is 1.97. The average molecular weight is 440 g/mol. The molecule has 0 aliphatic carbocycles. The lowest BCUT2D eigenvalue weighted by atomic mass is 10.2. The number of nitrogens with zero attached hydrogens (tertiary/aromatic N) is 2. The lowest BCUT2D eigenvalue weighted by Crippen LogP contribution is -2.37. The average Bonchev–Trinajstić information content (AvgIpc) is 2.71. The van der Waals surface area contributed by atoms with Crippen molar-refractivity contribution in [3.05, 3.63) is 35.9 Å². The van der Waals surface area contributed by atoms with Crippen molar-refractivity contribution in [2.24, 2.45) is 0 Å². The van der Waals surface area contributed by atoms with Crippen LogP contribution in [-0.4, -0.2) is 51.2 Å². The fourth-order valence-electron chi connectivity index (χ4n) is 2.03. The topological polar surface area (TPSA) is 155 Å². The number of amides is 2. The van der Waals surface area contributed by atoms with E-state index in [0.29, 0.717) is 6.42 Å². The number of hydrogen-bond acceptors (Lipinski definition) is 10. The fourth-order valence-corrected chi connectivity index (χ4v) is 2.73. The van der Waals surface area contributed by atoms with Gasteiger partial charge >= 0.3 is 22.3 Å². The van der Waals surface area contributed by atoms with Crippen molar-refractivity contribution >= 4 is 28.3 Å². The molecule has 0 aliphatic heterocycles. The quantitative estimate of drug-likeness (QED) is 0.548. The highest BCUT2D eigenvalue weighted by Gasteiger charge is 2.22. The molecular formula is C17H20N4O8S. The summed E-state index contributed by atoms with van der Waals surface area (Å²) in [5.41, 5.74) is -0.113. The number of benzene rings is 1. The van der Waals surface area contributed by atoms with E-state index in [1.807, 2.05) is 6.92 Å². The highest BCUT2D eigenvalue weighted by atomic mass is 32.2. The molecule has 2 aromatic rings. The number of anilines is 1. The Kier molecular flexibility index (Phi) is 7.75. The van der Waals surface area contributed by atoms with Crippen LogP contribution in [0.3, 0.4) is 0 Å². The second-order valence-corrected chi connectivity index (χ2v) is 6.78. The molecule has 13 heteroatoms. The molecule has 0 bridgehead atoms. The van der Waals surface area contributed by atoms with E-state index in [-0.39, 0.29) is 35.6 Å². The third kappa shape index (κ3) is 6.48. The minimum Gasteiger partial charge on any atom is -0.481 e. The first-order valence-corrected chi connectivity index (χ1v) is 9.95. The molecule has 1 heterocycles. The normalized spacial score (nSPS) is 10.6. The Bertz CT molecular complexity index is 990. The number of rotatable bonds is 9. The summed E-state index contributed by atoms with van der Waals surface area (Å²) in [5, 5.41) is 2.12. The summed E-state index contributed by atoms with van der Waals surface area (Å²) in [4.78, 5) is 31.8. The number of carbonyl (C=O) groups is 2. The number of methoxy groups -OCH3 is 2. The summed E-state index contributed by atoms with van der Waals surface area (Å²) >= 11 is 0. The monoisotopic (exact) mass is 440 g/mol. The van der Waals surface area contributed by atoms with E-state index in [9.17, 15) is 18.0 Å². The van der Waals surface area contributed by atoms with Crippen molar-refractivity contribution in [2.45, 2.75) is 13.3 Å². The van der Waals surface area contributed by atoms with E-state index in [0.717, 1.165) is 0 Å². The molecule has 0 saturated heterocycles. The molecule has 0 saturated carbocycles. The third-order valence-electron chi connectivity index (χ3n) is 3.28. The minimum atomic E-state index is -4.65. The van der Waals surface area contributed by atoms with Crippen molar-refractivity contribution in [3.63, 3.8) is 0 Å². The van der Waals surface area contributed by atoms with Gasteiger partial charge in [0.05, 0.1) is 26.9 Å². The number of aromatic nitrogens is 2. The first-order valence-electron chi connectivity index (χ1n) is 8.54. The third-order valence-corrected chi connectivity index (χ3v) is 4.12. The lowest BCUT2D eigenvalue weighted by Gasteiger charge is -2.12. The zero-order valence-corrected chi connectivity index (χ0v) is 17.2. The van der Waals surface area contributed by atoms with Gasteiger partial charge in [0.1, 0.15) is 5.56 Å². The molecule has 0 atom stereocenters. The predicted octanol–water partition coefficient (Wildman–Crippen LogP) is 1.51. The number of para-hydroxylation sites is 1. The Morgan fingerprint density at radius 1 is 1.07 bits per heavy atom. The van der Waals surface area contributed by atoms with Crippen LogP contribution < -0.4 is 23.7 Å². The molecule has 1 aromatic carbocycles. The predicted molar refractivity (Wildman–Crippen MR) is 104 cm³/mol. The number of hydrogen-bond donors (Lipinski definition) is 2. The van der Waals surface area contributed by atoms with E-state index in [1.165, 1.54) is 44.6 Å². The highest BCUT2D eigenvalue weighted by Crippen LogP contribution is 2.21. The summed E-state index contributed by atoms with van der Waals surface area (Å²) in [6.07, 6.45) is 0.589. The van der Waals surface area contributed by atoms with Crippen LogP contribution in [0.5, 0.6) is 17.5 Å². The standard InChI is InChI=1S/C17H20N4O8S/c1-4-9-28-15(22)11-7-5-6-8-12(11)29-30(24,25)21-17(23)20-16-18-13(26-2)10-14(19-16)27-3/h5-8,10H,4,9H2,1-3H3,(H2,18,19,20,21,23). The molecule has 2 amide bonds. The van der Waals surface area contributed by atoms with Crippen LogP contribution in [-0.2, 0) is 15.0 Å². The molecule has 0 fully saturated rings. The second kappa shape index (κ2) is 10.2. The molecule has 0 aliphatic rings. The van der Waals surface area contributed by atoms with Crippen molar-refractivity contribution in [1.82, 2.24) is 14.7 Å². The Hall–Kier alpha value is -3.61. The number of urea groups is 1. The first-order chi connectivity index (χ1) is 14.3. The molecule has 0 unspecified atom stereocenters. The van der Waals surface area contributed by atoms with E-state index >= 15 is 0 Å². The van der Waals surface area contributed by atoms with Gasteiger partial charge in [0.15, 0.2) is 5.75 Å². The molecule has 2 rings (SSSR count). The highest BCUT2D eigenvalue weighted by molar-refractivity contribution is 7.85. The fraction of sp³-hybridized carbons (Fsp3) is 0.294. The maximum absolute atomic E-state index is 12.2. The summed E-state index contributed by atoms with van der Waals surface area (Å²) in [7, 11) is -1.97. The van der Waals surface area contributed by atoms with Crippen LogP contribution in [0, 0.1) is 0 Å². The van der Waals surface area contributed by atoms with E-state index < -0.39 is 22.3 Å². The smallest absolute Gasteiger partial charge is 0.411 e. The van der Waals surface area contributed by atoms with Gasteiger partial charge in [0, 0.05) is 0 Å². The van der Waals surface area contributed by atoms with Crippen LogP contribution in [0.15, 0.2) is 30.3 Å². The van der Waals surface area contributed by atoms with Gasteiger partial charge in [0.25, 0.3) is 0 Å². The van der Waals surface area contributed by atoms with E-state index in [2.05, 4.69) is 15.3 Å². The number of nitrogens with one attached hydrogen (secondary N) is 2.